The highest BCUT2D eigenvalue weighted by molar-refractivity contribution is 5.98. The van der Waals surface area contributed by atoms with E-state index in [1.807, 2.05) is 111 Å². The van der Waals surface area contributed by atoms with Gasteiger partial charge >= 0.3 is 0 Å². The third kappa shape index (κ3) is 11.0. The van der Waals surface area contributed by atoms with Crippen LogP contribution in [0.5, 0.6) is 11.5 Å². The van der Waals surface area contributed by atoms with E-state index in [-0.39, 0.29) is 24.8 Å². The lowest BCUT2D eigenvalue weighted by Gasteiger charge is -2.10. The van der Waals surface area contributed by atoms with Gasteiger partial charge in [-0.3, -0.25) is 9.59 Å². The molecule has 4 aromatic rings. The zero-order valence-electron chi connectivity index (χ0n) is 26.2. The van der Waals surface area contributed by atoms with E-state index in [4.69, 9.17) is 23.7 Å². The molecule has 0 fully saturated rings. The molecule has 0 bridgehead atoms. The summed E-state index contributed by atoms with van der Waals surface area (Å²) in [4.78, 5) is 24.4. The maximum absolute atomic E-state index is 12.2. The van der Waals surface area contributed by atoms with Gasteiger partial charge in [0, 0.05) is 24.3 Å². The minimum Gasteiger partial charge on any atom is -0.491 e. The molecule has 4 rings (SSSR count). The largest absolute Gasteiger partial charge is 0.491 e. The van der Waals surface area contributed by atoms with Crippen molar-refractivity contribution in [2.24, 2.45) is 0 Å². The van der Waals surface area contributed by atoms with Gasteiger partial charge in [0.15, 0.2) is 11.6 Å². The van der Waals surface area contributed by atoms with E-state index >= 15 is 0 Å². The van der Waals surface area contributed by atoms with Crippen LogP contribution < -0.4 is 9.47 Å². The van der Waals surface area contributed by atoms with Crippen LogP contribution in [0.3, 0.4) is 0 Å². The van der Waals surface area contributed by atoms with E-state index in [1.54, 1.807) is 0 Å². The fraction of sp³-hybridized carbons (Fsp3) is 0.316. The minimum atomic E-state index is -0.00952. The molecule has 0 aliphatic carbocycles. The van der Waals surface area contributed by atoms with Gasteiger partial charge in [-0.1, -0.05) is 86.6 Å². The Labute approximate surface area is 266 Å². The van der Waals surface area contributed by atoms with Crippen molar-refractivity contribution >= 4 is 11.6 Å². The summed E-state index contributed by atoms with van der Waals surface area (Å²) in [7, 11) is 0. The summed E-state index contributed by atoms with van der Waals surface area (Å²) in [5.41, 5.74) is 5.45. The Hall–Kier alpha value is -4.30. The molecule has 7 heteroatoms. The summed E-state index contributed by atoms with van der Waals surface area (Å²) in [6.07, 6.45) is 1.79. The Morgan fingerprint density at radius 2 is 0.756 bits per heavy atom. The third-order valence-corrected chi connectivity index (χ3v) is 6.95. The highest BCUT2D eigenvalue weighted by Crippen LogP contribution is 2.24. The number of carbonyl (C=O) groups is 2. The number of ketones is 2. The summed E-state index contributed by atoms with van der Waals surface area (Å²) in [5, 5.41) is 0. The van der Waals surface area contributed by atoms with Gasteiger partial charge in [-0.05, 0) is 59.4 Å². The summed E-state index contributed by atoms with van der Waals surface area (Å²) in [6, 6.07) is 30.8. The Morgan fingerprint density at radius 1 is 0.422 bits per heavy atom. The van der Waals surface area contributed by atoms with Crippen LogP contribution in [0, 0.1) is 0 Å². The molecule has 236 valence electrons. The second-order valence-electron chi connectivity index (χ2n) is 10.5. The number of hydrogen-bond acceptors (Lipinski definition) is 7. The van der Waals surface area contributed by atoms with Crippen molar-refractivity contribution in [2.75, 3.05) is 52.9 Å². The van der Waals surface area contributed by atoms with Crippen LogP contribution >= 0.6 is 0 Å². The van der Waals surface area contributed by atoms with Crippen molar-refractivity contribution in [1.29, 1.82) is 0 Å². The number of carbonyl (C=O) groups excluding carboxylic acids is 2. The summed E-state index contributed by atoms with van der Waals surface area (Å²) in [5.74, 6) is 1.51. The monoisotopic (exact) mass is 610 g/mol. The van der Waals surface area contributed by atoms with Crippen LogP contribution in [0.15, 0.2) is 97.1 Å². The molecule has 0 saturated carbocycles. The summed E-state index contributed by atoms with van der Waals surface area (Å²) < 4.78 is 28.0. The second-order valence-corrected chi connectivity index (χ2v) is 10.5. The van der Waals surface area contributed by atoms with Crippen LogP contribution in [0.25, 0.3) is 22.3 Å². The van der Waals surface area contributed by atoms with Gasteiger partial charge in [-0.2, -0.15) is 0 Å². The lowest BCUT2D eigenvalue weighted by Crippen LogP contribution is -2.12. The number of hydrogen-bond donors (Lipinski definition) is 0. The molecule has 0 spiro atoms. The maximum Gasteiger partial charge on any atom is 0.188 e. The van der Waals surface area contributed by atoms with Crippen LogP contribution in [0.1, 0.15) is 47.4 Å². The third-order valence-electron chi connectivity index (χ3n) is 6.95. The Balaban J connectivity index is 1.11. The van der Waals surface area contributed by atoms with Crippen molar-refractivity contribution < 1.29 is 33.3 Å². The average Bonchev–Trinajstić information content (AvgIpc) is 3.08. The number of Topliss-reactive ketones (excluding diaryl/α,β-unsaturated/α-hetero) is 2. The van der Waals surface area contributed by atoms with E-state index in [9.17, 15) is 9.59 Å². The molecule has 45 heavy (non-hydrogen) atoms. The molecule has 0 aromatic heterocycles. The molecular formula is C38H42O7. The van der Waals surface area contributed by atoms with Gasteiger partial charge in [-0.25, -0.2) is 0 Å². The van der Waals surface area contributed by atoms with Crippen molar-refractivity contribution in [2.45, 2.75) is 26.7 Å². The summed E-state index contributed by atoms with van der Waals surface area (Å²) >= 11 is 0. The number of rotatable bonds is 20. The number of ether oxygens (including phenoxy) is 5. The predicted molar refractivity (Wildman–Crippen MR) is 176 cm³/mol. The first-order valence-electron chi connectivity index (χ1n) is 15.5. The van der Waals surface area contributed by atoms with Crippen molar-refractivity contribution in [1.82, 2.24) is 0 Å². The molecule has 0 amide bonds. The molecule has 0 unspecified atom stereocenters. The molecule has 0 aliphatic rings. The maximum atomic E-state index is 12.2. The predicted octanol–water partition coefficient (Wildman–Crippen LogP) is 7.71. The smallest absolute Gasteiger partial charge is 0.188 e. The quantitative estimate of drug-likeness (QED) is 0.0749. The van der Waals surface area contributed by atoms with E-state index in [2.05, 4.69) is 0 Å². The Kier molecular flexibility index (Phi) is 13.8. The van der Waals surface area contributed by atoms with Gasteiger partial charge < -0.3 is 23.7 Å². The zero-order valence-corrected chi connectivity index (χ0v) is 26.2. The number of benzene rings is 4. The first-order chi connectivity index (χ1) is 22.1. The molecule has 0 radical (unpaired) electrons. The molecule has 4 aromatic carbocycles. The summed E-state index contributed by atoms with van der Waals surface area (Å²) in [6.45, 7) is 7.21. The lowest BCUT2D eigenvalue weighted by atomic mass is 10.0. The lowest BCUT2D eigenvalue weighted by molar-refractivity contribution is 0.0757. The molecule has 0 heterocycles. The molecule has 7 nitrogen and oxygen atoms in total. The van der Waals surface area contributed by atoms with Gasteiger partial charge in [-0.15, -0.1) is 0 Å². The average molecular weight is 611 g/mol. The first kappa shape index (κ1) is 33.6. The molecule has 0 atom stereocenters. The normalized spacial score (nSPS) is 10.9. The minimum absolute atomic E-state index is 0.00952. The van der Waals surface area contributed by atoms with Gasteiger partial charge in [0.25, 0.3) is 0 Å². The molecule has 0 saturated heterocycles. The van der Waals surface area contributed by atoms with Crippen LogP contribution in [-0.4, -0.2) is 64.4 Å². The van der Waals surface area contributed by atoms with Crippen molar-refractivity contribution in [3.8, 4) is 33.8 Å². The van der Waals surface area contributed by atoms with Crippen molar-refractivity contribution in [3.63, 3.8) is 0 Å². The highest BCUT2D eigenvalue weighted by atomic mass is 16.5. The van der Waals surface area contributed by atoms with Crippen LogP contribution in [0.2, 0.25) is 0 Å². The SMILES string of the molecule is CCCOCC(=O)c1ccc(-c2ccc(OCCOCCOc3ccc(-c4ccc(C(=O)COCCC)cc4)cc3)cc2)cc1. The van der Waals surface area contributed by atoms with E-state index < -0.39 is 0 Å². The fourth-order valence-corrected chi connectivity index (χ4v) is 4.51. The van der Waals surface area contributed by atoms with E-state index in [1.165, 1.54) is 0 Å². The van der Waals surface area contributed by atoms with Gasteiger partial charge in [0.05, 0.1) is 13.2 Å². The standard InChI is InChI=1S/C38H42O7/c1-3-21-42-27-37(39)33-9-5-29(6-10-33)31-13-17-35(18-14-31)44-25-23-41-24-26-45-36-19-15-32(16-20-36)30-7-11-34(12-8-30)38(40)28-43-22-4-2/h5-20H,3-4,21-28H2,1-2H3. The molecular weight excluding hydrogens is 568 g/mol. The fourth-order valence-electron chi connectivity index (χ4n) is 4.51. The Morgan fingerprint density at radius 3 is 1.09 bits per heavy atom. The first-order valence-corrected chi connectivity index (χ1v) is 15.5. The van der Waals surface area contributed by atoms with E-state index in [0.717, 1.165) is 46.6 Å². The van der Waals surface area contributed by atoms with Gasteiger partial charge in [0.1, 0.15) is 37.9 Å². The van der Waals surface area contributed by atoms with Gasteiger partial charge in [0.2, 0.25) is 0 Å². The second kappa shape index (κ2) is 18.5. The van der Waals surface area contributed by atoms with Crippen molar-refractivity contribution in [3.05, 3.63) is 108 Å². The molecule has 0 aliphatic heterocycles. The van der Waals surface area contributed by atoms with E-state index in [0.29, 0.717) is 50.8 Å². The Bertz CT molecular complexity index is 1330. The van der Waals surface area contributed by atoms with Crippen LogP contribution in [0.4, 0.5) is 0 Å². The zero-order chi connectivity index (χ0) is 31.7. The highest BCUT2D eigenvalue weighted by Gasteiger charge is 2.08. The topological polar surface area (TPSA) is 80.3 Å². The van der Waals surface area contributed by atoms with Crippen LogP contribution in [-0.2, 0) is 14.2 Å². The molecule has 0 N–H and O–H groups in total.